The van der Waals surface area contributed by atoms with Crippen LogP contribution in [0, 0.1) is 0 Å². The number of esters is 1. The van der Waals surface area contributed by atoms with E-state index in [0.29, 0.717) is 11.5 Å². The van der Waals surface area contributed by atoms with Crippen molar-refractivity contribution in [3.8, 4) is 0 Å². The Balaban J connectivity index is 2.21. The molecule has 0 radical (unpaired) electrons. The third-order valence-electron chi connectivity index (χ3n) is 2.42. The van der Waals surface area contributed by atoms with Gasteiger partial charge in [0.15, 0.2) is 0 Å². The number of methoxy groups -OCH3 is 1. The zero-order valence-corrected chi connectivity index (χ0v) is 8.03. The molecule has 1 fully saturated rings. The lowest BCUT2D eigenvalue weighted by Crippen LogP contribution is -2.25. The summed E-state index contributed by atoms with van der Waals surface area (Å²) in [4.78, 5) is 11.2. The molecule has 0 bridgehead atoms. The standard InChI is InChI=1S/C11H12O3/c1-13-11(12)9-4-2-3-8(5-9)10-6-14-7-10/h2-5,10H,6-7H2,1H3. The molecule has 0 N–H and O–H groups in total. The summed E-state index contributed by atoms with van der Waals surface area (Å²) in [5.41, 5.74) is 1.76. The van der Waals surface area contributed by atoms with Crippen LogP contribution in [0.1, 0.15) is 21.8 Å². The molecule has 0 aromatic heterocycles. The van der Waals surface area contributed by atoms with E-state index in [1.165, 1.54) is 7.11 Å². The molecule has 1 saturated heterocycles. The van der Waals surface area contributed by atoms with Crippen LogP contribution in [0.5, 0.6) is 0 Å². The highest BCUT2D eigenvalue weighted by Gasteiger charge is 2.21. The molecule has 0 spiro atoms. The number of ether oxygens (including phenoxy) is 2. The van der Waals surface area contributed by atoms with Gasteiger partial charge in [-0.05, 0) is 17.7 Å². The first kappa shape index (κ1) is 9.21. The Labute approximate surface area is 82.6 Å². The van der Waals surface area contributed by atoms with E-state index in [0.717, 1.165) is 18.8 Å². The van der Waals surface area contributed by atoms with E-state index in [1.807, 2.05) is 18.2 Å². The van der Waals surface area contributed by atoms with E-state index in [2.05, 4.69) is 4.74 Å². The number of rotatable bonds is 2. The Morgan fingerprint density at radius 1 is 1.50 bits per heavy atom. The Bertz CT molecular complexity index is 342. The van der Waals surface area contributed by atoms with Crippen molar-refractivity contribution in [2.24, 2.45) is 0 Å². The highest BCUT2D eigenvalue weighted by molar-refractivity contribution is 5.89. The predicted molar refractivity (Wildman–Crippen MR) is 51.3 cm³/mol. The monoisotopic (exact) mass is 192 g/mol. The van der Waals surface area contributed by atoms with Gasteiger partial charge in [-0.15, -0.1) is 0 Å². The van der Waals surface area contributed by atoms with Crippen LogP contribution in [0.15, 0.2) is 24.3 Å². The van der Waals surface area contributed by atoms with Gasteiger partial charge in [0.05, 0.1) is 25.9 Å². The molecular formula is C11H12O3. The summed E-state index contributed by atoms with van der Waals surface area (Å²) < 4.78 is 9.75. The molecule has 74 valence electrons. The lowest BCUT2D eigenvalue weighted by atomic mass is 9.96. The van der Waals surface area contributed by atoms with Crippen molar-refractivity contribution in [1.29, 1.82) is 0 Å². The van der Waals surface area contributed by atoms with Crippen molar-refractivity contribution < 1.29 is 14.3 Å². The van der Waals surface area contributed by atoms with Gasteiger partial charge in [-0.1, -0.05) is 12.1 Å². The molecule has 0 saturated carbocycles. The van der Waals surface area contributed by atoms with Crippen molar-refractivity contribution in [2.75, 3.05) is 20.3 Å². The van der Waals surface area contributed by atoms with Crippen molar-refractivity contribution in [3.63, 3.8) is 0 Å². The molecule has 3 heteroatoms. The van der Waals surface area contributed by atoms with Crippen LogP contribution in [-0.4, -0.2) is 26.3 Å². The number of hydrogen-bond donors (Lipinski definition) is 0. The molecule has 0 atom stereocenters. The first-order valence-corrected chi connectivity index (χ1v) is 4.57. The fraction of sp³-hybridized carbons (Fsp3) is 0.364. The van der Waals surface area contributed by atoms with Gasteiger partial charge in [-0.3, -0.25) is 0 Å². The quantitative estimate of drug-likeness (QED) is 0.667. The molecule has 0 amide bonds. The SMILES string of the molecule is COC(=O)c1cccc(C2COC2)c1. The van der Waals surface area contributed by atoms with Crippen LogP contribution in [0.4, 0.5) is 0 Å². The van der Waals surface area contributed by atoms with E-state index < -0.39 is 0 Å². The van der Waals surface area contributed by atoms with Crippen molar-refractivity contribution in [3.05, 3.63) is 35.4 Å². The average molecular weight is 192 g/mol. The van der Waals surface area contributed by atoms with Gasteiger partial charge in [0.1, 0.15) is 0 Å². The van der Waals surface area contributed by atoms with Crippen LogP contribution < -0.4 is 0 Å². The second-order valence-corrected chi connectivity index (χ2v) is 3.35. The van der Waals surface area contributed by atoms with Gasteiger partial charge in [-0.25, -0.2) is 4.79 Å². The number of carbonyl (C=O) groups is 1. The van der Waals surface area contributed by atoms with Crippen LogP contribution in [0.25, 0.3) is 0 Å². The minimum atomic E-state index is -0.285. The topological polar surface area (TPSA) is 35.5 Å². The summed E-state index contributed by atoms with van der Waals surface area (Å²) >= 11 is 0. The lowest BCUT2D eigenvalue weighted by Gasteiger charge is -2.26. The zero-order valence-electron chi connectivity index (χ0n) is 8.03. The summed E-state index contributed by atoms with van der Waals surface area (Å²) in [7, 11) is 1.39. The fourth-order valence-electron chi connectivity index (χ4n) is 1.47. The maximum absolute atomic E-state index is 11.2. The van der Waals surface area contributed by atoms with Gasteiger partial charge >= 0.3 is 5.97 Å². The van der Waals surface area contributed by atoms with Gasteiger partial charge in [0, 0.05) is 5.92 Å². The summed E-state index contributed by atoms with van der Waals surface area (Å²) in [5.74, 6) is 0.159. The van der Waals surface area contributed by atoms with Crippen molar-refractivity contribution in [2.45, 2.75) is 5.92 Å². The molecule has 14 heavy (non-hydrogen) atoms. The molecule has 1 aromatic rings. The van der Waals surface area contributed by atoms with Crippen molar-refractivity contribution in [1.82, 2.24) is 0 Å². The molecule has 1 heterocycles. The maximum Gasteiger partial charge on any atom is 0.337 e. The molecule has 1 aromatic carbocycles. The maximum atomic E-state index is 11.2. The number of carbonyl (C=O) groups excluding carboxylic acids is 1. The minimum Gasteiger partial charge on any atom is -0.465 e. The second-order valence-electron chi connectivity index (χ2n) is 3.35. The predicted octanol–water partition coefficient (Wildman–Crippen LogP) is 1.59. The Hall–Kier alpha value is -1.35. The summed E-state index contributed by atoms with van der Waals surface area (Å²) in [6.45, 7) is 1.51. The molecule has 0 aliphatic carbocycles. The van der Waals surface area contributed by atoms with E-state index in [4.69, 9.17) is 4.74 Å². The second kappa shape index (κ2) is 3.80. The van der Waals surface area contributed by atoms with Crippen LogP contribution in [0.2, 0.25) is 0 Å². The third-order valence-corrected chi connectivity index (χ3v) is 2.42. The normalized spacial score (nSPS) is 16.1. The lowest BCUT2D eigenvalue weighted by molar-refractivity contribution is 0.00835. The first-order chi connectivity index (χ1) is 6.81. The highest BCUT2D eigenvalue weighted by atomic mass is 16.5. The summed E-state index contributed by atoms with van der Waals surface area (Å²) in [6, 6.07) is 7.52. The van der Waals surface area contributed by atoms with Crippen molar-refractivity contribution >= 4 is 5.97 Å². The Morgan fingerprint density at radius 2 is 2.29 bits per heavy atom. The van der Waals surface area contributed by atoms with E-state index >= 15 is 0 Å². The Kier molecular flexibility index (Phi) is 2.50. The molecular weight excluding hydrogens is 180 g/mol. The summed E-state index contributed by atoms with van der Waals surface area (Å²) in [5, 5.41) is 0. The van der Waals surface area contributed by atoms with Gasteiger partial charge in [0.25, 0.3) is 0 Å². The smallest absolute Gasteiger partial charge is 0.337 e. The van der Waals surface area contributed by atoms with Gasteiger partial charge in [-0.2, -0.15) is 0 Å². The third kappa shape index (κ3) is 1.63. The van der Waals surface area contributed by atoms with E-state index in [9.17, 15) is 4.79 Å². The number of hydrogen-bond acceptors (Lipinski definition) is 3. The summed E-state index contributed by atoms with van der Waals surface area (Å²) in [6.07, 6.45) is 0. The highest BCUT2D eigenvalue weighted by Crippen LogP contribution is 2.24. The Morgan fingerprint density at radius 3 is 2.86 bits per heavy atom. The van der Waals surface area contributed by atoms with Gasteiger partial charge < -0.3 is 9.47 Å². The first-order valence-electron chi connectivity index (χ1n) is 4.57. The number of benzene rings is 1. The van der Waals surface area contributed by atoms with Gasteiger partial charge in [0.2, 0.25) is 0 Å². The molecule has 1 aliphatic rings. The average Bonchev–Trinajstić information content (AvgIpc) is 2.14. The largest absolute Gasteiger partial charge is 0.465 e. The van der Waals surface area contributed by atoms with Crippen LogP contribution in [0.3, 0.4) is 0 Å². The van der Waals surface area contributed by atoms with Crippen LogP contribution in [-0.2, 0) is 9.47 Å². The fourth-order valence-corrected chi connectivity index (χ4v) is 1.47. The minimum absolute atomic E-state index is 0.285. The zero-order chi connectivity index (χ0) is 9.97. The molecule has 1 aliphatic heterocycles. The molecule has 3 nitrogen and oxygen atoms in total. The van der Waals surface area contributed by atoms with E-state index in [1.54, 1.807) is 6.07 Å². The van der Waals surface area contributed by atoms with Crippen LogP contribution >= 0.6 is 0 Å². The molecule has 2 rings (SSSR count). The molecule has 0 unspecified atom stereocenters. The van der Waals surface area contributed by atoms with E-state index in [-0.39, 0.29) is 5.97 Å².